The molecule has 0 fully saturated rings. The van der Waals surface area contributed by atoms with Gasteiger partial charge in [0.1, 0.15) is 0 Å². The van der Waals surface area contributed by atoms with E-state index in [0.29, 0.717) is 25.7 Å². The van der Waals surface area contributed by atoms with Crippen molar-refractivity contribution in [2.45, 2.75) is 33.4 Å². The van der Waals surface area contributed by atoms with Crippen LogP contribution in [0.15, 0.2) is 47.6 Å². The lowest BCUT2D eigenvalue weighted by Gasteiger charge is -2.13. The molecule has 2 rings (SSSR count). The molecule has 2 N–H and O–H groups in total. The number of ether oxygens (including phenoxy) is 2. The van der Waals surface area contributed by atoms with Crippen LogP contribution >= 0.6 is 24.0 Å². The van der Waals surface area contributed by atoms with E-state index in [0.717, 1.165) is 24.2 Å². The Hall–Kier alpha value is -2.17. The van der Waals surface area contributed by atoms with Gasteiger partial charge in [0.15, 0.2) is 17.5 Å². The van der Waals surface area contributed by atoms with Crippen molar-refractivity contribution in [2.24, 2.45) is 4.99 Å². The van der Waals surface area contributed by atoms with Crippen molar-refractivity contribution >= 4 is 29.9 Å². The number of guanidine groups is 1. The van der Waals surface area contributed by atoms with Gasteiger partial charge in [0.05, 0.1) is 13.2 Å². The van der Waals surface area contributed by atoms with Gasteiger partial charge in [-0.2, -0.15) is 8.78 Å². The SMILES string of the molecule is CCNC(=NCc1ccc(OC(F)F)c(OCC)c1)NCCc1ccccn1.I. The predicted molar refractivity (Wildman–Crippen MR) is 120 cm³/mol. The number of aromatic nitrogens is 1. The summed E-state index contributed by atoms with van der Waals surface area (Å²) in [7, 11) is 0. The quantitative estimate of drug-likeness (QED) is 0.282. The Morgan fingerprint density at radius 2 is 1.97 bits per heavy atom. The van der Waals surface area contributed by atoms with Crippen molar-refractivity contribution in [1.82, 2.24) is 15.6 Å². The van der Waals surface area contributed by atoms with Crippen molar-refractivity contribution in [3.63, 3.8) is 0 Å². The summed E-state index contributed by atoms with van der Waals surface area (Å²) >= 11 is 0. The number of nitrogens with zero attached hydrogens (tertiary/aromatic N) is 2. The Balaban J connectivity index is 0.00000420. The molecule has 0 aliphatic carbocycles. The molecule has 0 radical (unpaired) electrons. The van der Waals surface area contributed by atoms with E-state index in [2.05, 4.69) is 25.3 Å². The lowest BCUT2D eigenvalue weighted by Crippen LogP contribution is -2.38. The molecule has 0 aliphatic heterocycles. The maximum absolute atomic E-state index is 12.5. The Kier molecular flexibility index (Phi) is 11.9. The molecule has 0 aliphatic rings. The van der Waals surface area contributed by atoms with Gasteiger partial charge in [-0.3, -0.25) is 4.98 Å². The number of aliphatic imine (C=N–C) groups is 1. The summed E-state index contributed by atoms with van der Waals surface area (Å²) in [6.07, 6.45) is 2.55. The topological polar surface area (TPSA) is 67.8 Å². The van der Waals surface area contributed by atoms with Gasteiger partial charge in [-0.05, 0) is 43.7 Å². The van der Waals surface area contributed by atoms with Crippen LogP contribution < -0.4 is 20.1 Å². The molecule has 0 saturated carbocycles. The fraction of sp³-hybridized carbons (Fsp3) is 0.400. The smallest absolute Gasteiger partial charge is 0.387 e. The molecule has 0 spiro atoms. The lowest BCUT2D eigenvalue weighted by molar-refractivity contribution is -0.0514. The van der Waals surface area contributed by atoms with E-state index in [1.54, 1.807) is 25.3 Å². The predicted octanol–water partition coefficient (Wildman–Crippen LogP) is 4.00. The zero-order valence-electron chi connectivity index (χ0n) is 16.5. The molecule has 0 atom stereocenters. The van der Waals surface area contributed by atoms with Crippen LogP contribution in [-0.2, 0) is 13.0 Å². The van der Waals surface area contributed by atoms with Crippen LogP contribution in [0.1, 0.15) is 25.1 Å². The molecule has 0 bridgehead atoms. The molecule has 0 saturated heterocycles. The van der Waals surface area contributed by atoms with Crippen LogP contribution in [-0.4, -0.2) is 37.3 Å². The molecule has 6 nitrogen and oxygen atoms in total. The van der Waals surface area contributed by atoms with Crippen LogP contribution in [0.4, 0.5) is 8.78 Å². The van der Waals surface area contributed by atoms with E-state index >= 15 is 0 Å². The van der Waals surface area contributed by atoms with Gasteiger partial charge in [0.25, 0.3) is 0 Å². The summed E-state index contributed by atoms with van der Waals surface area (Å²) in [4.78, 5) is 8.83. The Labute approximate surface area is 187 Å². The highest BCUT2D eigenvalue weighted by molar-refractivity contribution is 14.0. The van der Waals surface area contributed by atoms with E-state index in [9.17, 15) is 8.78 Å². The number of alkyl halides is 2. The number of nitrogens with one attached hydrogen (secondary N) is 2. The Bertz CT molecular complexity index is 749. The summed E-state index contributed by atoms with van der Waals surface area (Å²) in [6.45, 7) is 3.00. The molecular formula is C20H27F2IN4O2. The summed E-state index contributed by atoms with van der Waals surface area (Å²) in [5.74, 6) is 0.970. The monoisotopic (exact) mass is 520 g/mol. The lowest BCUT2D eigenvalue weighted by atomic mass is 10.2. The van der Waals surface area contributed by atoms with Gasteiger partial charge in [-0.1, -0.05) is 12.1 Å². The summed E-state index contributed by atoms with van der Waals surface area (Å²) < 4.78 is 34.9. The minimum atomic E-state index is -2.90. The standard InChI is InChI=1S/C20H26F2N4O2.HI/c1-3-23-20(25-12-10-16-7-5-6-11-24-16)26-14-15-8-9-17(28-19(21)22)18(13-15)27-4-2;/h5-9,11,13,19H,3-4,10,12,14H2,1-2H3,(H2,23,25,26);1H. The normalized spacial score (nSPS) is 11.0. The van der Waals surface area contributed by atoms with Gasteiger partial charge in [0, 0.05) is 31.4 Å². The molecule has 1 aromatic carbocycles. The number of halogens is 3. The maximum atomic E-state index is 12.5. The van der Waals surface area contributed by atoms with Crippen LogP contribution in [0.3, 0.4) is 0 Å². The molecule has 9 heteroatoms. The van der Waals surface area contributed by atoms with E-state index in [-0.39, 0.29) is 35.5 Å². The number of rotatable bonds is 10. The van der Waals surface area contributed by atoms with Gasteiger partial charge in [-0.25, -0.2) is 4.99 Å². The van der Waals surface area contributed by atoms with Crippen molar-refractivity contribution in [3.8, 4) is 11.5 Å². The molecular weight excluding hydrogens is 493 g/mol. The third kappa shape index (κ3) is 9.25. The molecule has 29 heavy (non-hydrogen) atoms. The van der Waals surface area contributed by atoms with E-state index in [1.165, 1.54) is 6.07 Å². The van der Waals surface area contributed by atoms with E-state index in [1.807, 2.05) is 25.1 Å². The van der Waals surface area contributed by atoms with Crippen LogP contribution in [0.25, 0.3) is 0 Å². The zero-order valence-corrected chi connectivity index (χ0v) is 18.9. The fourth-order valence-corrected chi connectivity index (χ4v) is 2.48. The van der Waals surface area contributed by atoms with Gasteiger partial charge >= 0.3 is 6.61 Å². The second kappa shape index (κ2) is 13.9. The number of benzene rings is 1. The second-order valence-electron chi connectivity index (χ2n) is 5.79. The number of pyridine rings is 1. The second-order valence-corrected chi connectivity index (χ2v) is 5.79. The minimum absolute atomic E-state index is 0. The van der Waals surface area contributed by atoms with Gasteiger partial charge < -0.3 is 20.1 Å². The minimum Gasteiger partial charge on any atom is -0.490 e. The Morgan fingerprint density at radius 3 is 2.62 bits per heavy atom. The van der Waals surface area contributed by atoms with Crippen LogP contribution in [0.5, 0.6) is 11.5 Å². The van der Waals surface area contributed by atoms with Crippen LogP contribution in [0, 0.1) is 0 Å². The van der Waals surface area contributed by atoms with Gasteiger partial charge in [0.2, 0.25) is 0 Å². The van der Waals surface area contributed by atoms with Crippen LogP contribution in [0.2, 0.25) is 0 Å². The highest BCUT2D eigenvalue weighted by Gasteiger charge is 2.11. The molecule has 2 aromatic rings. The van der Waals surface area contributed by atoms with Gasteiger partial charge in [-0.15, -0.1) is 24.0 Å². The molecule has 1 heterocycles. The van der Waals surface area contributed by atoms with Crippen molar-refractivity contribution in [1.29, 1.82) is 0 Å². The first kappa shape index (κ1) is 24.9. The average molecular weight is 520 g/mol. The highest BCUT2D eigenvalue weighted by Crippen LogP contribution is 2.30. The maximum Gasteiger partial charge on any atom is 0.387 e. The molecule has 0 amide bonds. The summed E-state index contributed by atoms with van der Waals surface area (Å²) in [6, 6.07) is 10.7. The van der Waals surface area contributed by atoms with Crippen molar-refractivity contribution in [2.75, 3.05) is 19.7 Å². The van der Waals surface area contributed by atoms with Crippen molar-refractivity contribution < 1.29 is 18.3 Å². The van der Waals surface area contributed by atoms with E-state index in [4.69, 9.17) is 4.74 Å². The summed E-state index contributed by atoms with van der Waals surface area (Å²) in [5.41, 5.74) is 1.83. The Morgan fingerprint density at radius 1 is 1.14 bits per heavy atom. The molecule has 1 aromatic heterocycles. The van der Waals surface area contributed by atoms with E-state index < -0.39 is 6.61 Å². The third-order valence-corrected chi connectivity index (χ3v) is 3.69. The molecule has 160 valence electrons. The fourth-order valence-electron chi connectivity index (χ4n) is 2.48. The summed E-state index contributed by atoms with van der Waals surface area (Å²) in [5, 5.41) is 6.44. The highest BCUT2D eigenvalue weighted by atomic mass is 127. The molecule has 0 unspecified atom stereocenters. The number of hydrogen-bond acceptors (Lipinski definition) is 4. The first-order chi connectivity index (χ1) is 13.6. The third-order valence-electron chi connectivity index (χ3n) is 3.69. The number of hydrogen-bond donors (Lipinski definition) is 2. The first-order valence-corrected chi connectivity index (χ1v) is 9.25. The largest absolute Gasteiger partial charge is 0.490 e. The average Bonchev–Trinajstić information content (AvgIpc) is 2.68. The first-order valence-electron chi connectivity index (χ1n) is 9.25. The zero-order chi connectivity index (χ0) is 20.2. The van der Waals surface area contributed by atoms with Crippen molar-refractivity contribution in [3.05, 3.63) is 53.9 Å².